The van der Waals surface area contributed by atoms with Crippen LogP contribution in [0.2, 0.25) is 0 Å². The molecule has 1 heterocycles. The molecule has 2 aromatic carbocycles. The van der Waals surface area contributed by atoms with Crippen LogP contribution in [0.3, 0.4) is 0 Å². The number of aryl methyl sites for hydroxylation is 1. The molecule has 1 aliphatic carbocycles. The fraction of sp³-hybridized carbons (Fsp3) is 0.211. The summed E-state index contributed by atoms with van der Waals surface area (Å²) < 4.78 is 15.7. The van der Waals surface area contributed by atoms with Gasteiger partial charge in [0.25, 0.3) is 6.08 Å². The maximum Gasteiger partial charge on any atom is 0.289 e. The average molecular weight is 327 g/mol. The van der Waals surface area contributed by atoms with Crippen molar-refractivity contribution in [2.45, 2.75) is 24.3 Å². The fourth-order valence-corrected chi connectivity index (χ4v) is 3.69. The smallest absolute Gasteiger partial charge is 0.289 e. The number of rotatable bonds is 3. The van der Waals surface area contributed by atoms with E-state index in [4.69, 9.17) is 11.6 Å². The Labute approximate surface area is 139 Å². The van der Waals surface area contributed by atoms with Crippen molar-refractivity contribution in [1.82, 2.24) is 9.55 Å². The predicted octanol–water partition coefficient (Wildman–Crippen LogP) is 4.89. The summed E-state index contributed by atoms with van der Waals surface area (Å²) in [5.74, 6) is 0. The van der Waals surface area contributed by atoms with E-state index in [0.717, 1.165) is 24.0 Å². The number of hydrogen-bond acceptors (Lipinski definition) is 1. The lowest BCUT2D eigenvalue weighted by atomic mass is 9.95. The number of hydrogen-bond donors (Lipinski definition) is 0. The number of nitrogens with zero attached hydrogens (tertiary/aromatic N) is 2. The SMILES string of the molecule is Fc1nccn1C(c1ccccc1)c1ccc2c(c1)C(Cl)CC2. The summed E-state index contributed by atoms with van der Waals surface area (Å²) >= 11 is 6.43. The second kappa shape index (κ2) is 5.82. The molecule has 0 N–H and O–H groups in total. The second-order valence-electron chi connectivity index (χ2n) is 5.88. The number of halogens is 2. The number of aromatic nitrogens is 2. The molecule has 0 fully saturated rings. The van der Waals surface area contributed by atoms with Gasteiger partial charge in [-0.1, -0.05) is 48.5 Å². The largest absolute Gasteiger partial charge is 0.296 e. The van der Waals surface area contributed by atoms with Gasteiger partial charge in [-0.2, -0.15) is 4.39 Å². The van der Waals surface area contributed by atoms with Crippen LogP contribution in [0.4, 0.5) is 4.39 Å². The van der Waals surface area contributed by atoms with Crippen LogP contribution in [0.15, 0.2) is 60.9 Å². The molecule has 23 heavy (non-hydrogen) atoms. The number of alkyl halides is 1. The number of fused-ring (bicyclic) bond motifs is 1. The van der Waals surface area contributed by atoms with E-state index in [0.29, 0.717) is 0 Å². The molecule has 116 valence electrons. The normalized spacial score (nSPS) is 17.9. The van der Waals surface area contributed by atoms with Gasteiger partial charge in [-0.3, -0.25) is 4.57 Å². The van der Waals surface area contributed by atoms with Gasteiger partial charge in [-0.25, -0.2) is 4.98 Å². The van der Waals surface area contributed by atoms with Gasteiger partial charge in [0.15, 0.2) is 0 Å². The molecule has 1 aliphatic rings. The van der Waals surface area contributed by atoms with E-state index >= 15 is 0 Å². The van der Waals surface area contributed by atoms with Gasteiger partial charge >= 0.3 is 0 Å². The summed E-state index contributed by atoms with van der Waals surface area (Å²) in [7, 11) is 0. The third-order valence-corrected chi connectivity index (χ3v) is 4.96. The van der Waals surface area contributed by atoms with E-state index in [1.165, 1.54) is 17.3 Å². The van der Waals surface area contributed by atoms with Crippen molar-refractivity contribution in [3.05, 3.63) is 89.3 Å². The maximum atomic E-state index is 14.1. The first kappa shape index (κ1) is 14.5. The molecule has 0 aliphatic heterocycles. The predicted molar refractivity (Wildman–Crippen MR) is 89.2 cm³/mol. The van der Waals surface area contributed by atoms with E-state index < -0.39 is 6.08 Å². The lowest BCUT2D eigenvalue weighted by molar-refractivity contribution is 0.459. The summed E-state index contributed by atoms with van der Waals surface area (Å²) in [6.45, 7) is 0. The third-order valence-electron chi connectivity index (χ3n) is 4.51. The zero-order valence-corrected chi connectivity index (χ0v) is 13.2. The molecule has 0 amide bonds. The summed E-state index contributed by atoms with van der Waals surface area (Å²) in [6.07, 6.45) is 4.66. The standard InChI is InChI=1S/C19H16ClFN2/c20-17-9-8-13-6-7-15(12-16(13)17)18(14-4-2-1-3-5-14)23-11-10-22-19(23)21/h1-7,10-12,17-18H,8-9H2. The van der Waals surface area contributed by atoms with Crippen LogP contribution < -0.4 is 0 Å². The van der Waals surface area contributed by atoms with Gasteiger partial charge in [-0.05, 0) is 35.1 Å². The van der Waals surface area contributed by atoms with E-state index in [9.17, 15) is 4.39 Å². The summed E-state index contributed by atoms with van der Waals surface area (Å²) in [4.78, 5) is 3.75. The van der Waals surface area contributed by atoms with Crippen molar-refractivity contribution >= 4 is 11.6 Å². The molecular weight excluding hydrogens is 311 g/mol. The topological polar surface area (TPSA) is 17.8 Å². The van der Waals surface area contributed by atoms with Gasteiger partial charge in [0.05, 0.1) is 11.4 Å². The second-order valence-corrected chi connectivity index (χ2v) is 6.41. The van der Waals surface area contributed by atoms with E-state index in [1.807, 2.05) is 30.3 Å². The minimum Gasteiger partial charge on any atom is -0.296 e. The molecule has 0 spiro atoms. The Bertz CT molecular complexity index is 828. The highest BCUT2D eigenvalue weighted by Gasteiger charge is 2.24. The van der Waals surface area contributed by atoms with Crippen molar-refractivity contribution in [2.75, 3.05) is 0 Å². The quantitative estimate of drug-likeness (QED) is 0.627. The molecule has 4 heteroatoms. The van der Waals surface area contributed by atoms with Crippen molar-refractivity contribution < 1.29 is 4.39 Å². The molecule has 2 atom stereocenters. The highest BCUT2D eigenvalue weighted by atomic mass is 35.5. The van der Waals surface area contributed by atoms with Crippen LogP contribution >= 0.6 is 11.6 Å². The van der Waals surface area contributed by atoms with E-state index in [2.05, 4.69) is 23.2 Å². The monoisotopic (exact) mass is 326 g/mol. The highest BCUT2D eigenvalue weighted by molar-refractivity contribution is 6.21. The zero-order valence-electron chi connectivity index (χ0n) is 12.5. The minimum absolute atomic E-state index is 0.0500. The lowest BCUT2D eigenvalue weighted by Crippen LogP contribution is -2.14. The van der Waals surface area contributed by atoms with Crippen LogP contribution in [-0.2, 0) is 6.42 Å². The molecule has 0 radical (unpaired) electrons. The number of imidazole rings is 1. The average Bonchev–Trinajstić information content (AvgIpc) is 3.16. The van der Waals surface area contributed by atoms with Crippen LogP contribution in [0, 0.1) is 6.08 Å². The van der Waals surface area contributed by atoms with Crippen LogP contribution in [0.5, 0.6) is 0 Å². The Morgan fingerprint density at radius 2 is 1.96 bits per heavy atom. The van der Waals surface area contributed by atoms with Gasteiger partial charge in [-0.15, -0.1) is 11.6 Å². The van der Waals surface area contributed by atoms with Crippen molar-refractivity contribution in [2.24, 2.45) is 0 Å². The van der Waals surface area contributed by atoms with Crippen LogP contribution in [0.25, 0.3) is 0 Å². The number of benzene rings is 2. The first-order valence-corrected chi connectivity index (χ1v) is 8.18. The molecular formula is C19H16ClFN2. The van der Waals surface area contributed by atoms with E-state index in [1.54, 1.807) is 10.8 Å². The Kier molecular flexibility index (Phi) is 3.66. The van der Waals surface area contributed by atoms with Crippen molar-refractivity contribution in [3.63, 3.8) is 0 Å². The Hall–Kier alpha value is -2.13. The Balaban J connectivity index is 1.87. The molecule has 2 unspecified atom stereocenters. The van der Waals surface area contributed by atoms with E-state index in [-0.39, 0.29) is 11.4 Å². The Morgan fingerprint density at radius 1 is 1.13 bits per heavy atom. The van der Waals surface area contributed by atoms with Gasteiger partial charge in [0.2, 0.25) is 0 Å². The maximum absolute atomic E-state index is 14.1. The fourth-order valence-electron chi connectivity index (χ4n) is 3.38. The van der Waals surface area contributed by atoms with Gasteiger partial charge in [0, 0.05) is 12.4 Å². The molecule has 3 aromatic rings. The first-order chi connectivity index (χ1) is 11.2. The molecule has 1 aromatic heterocycles. The Morgan fingerprint density at radius 3 is 2.70 bits per heavy atom. The zero-order chi connectivity index (χ0) is 15.8. The molecule has 2 nitrogen and oxygen atoms in total. The molecule has 0 saturated carbocycles. The van der Waals surface area contributed by atoms with Gasteiger partial charge in [0.1, 0.15) is 0 Å². The minimum atomic E-state index is -0.484. The molecule has 4 rings (SSSR count). The highest BCUT2D eigenvalue weighted by Crippen LogP contribution is 2.39. The molecule has 0 bridgehead atoms. The summed E-state index contributed by atoms with van der Waals surface area (Å²) in [6, 6.07) is 16.0. The summed E-state index contributed by atoms with van der Waals surface area (Å²) in [5.41, 5.74) is 4.52. The third kappa shape index (κ3) is 2.55. The van der Waals surface area contributed by atoms with Crippen LogP contribution in [0.1, 0.15) is 40.1 Å². The van der Waals surface area contributed by atoms with Gasteiger partial charge < -0.3 is 0 Å². The van der Waals surface area contributed by atoms with Crippen LogP contribution in [-0.4, -0.2) is 9.55 Å². The first-order valence-electron chi connectivity index (χ1n) is 7.74. The summed E-state index contributed by atoms with van der Waals surface area (Å²) in [5, 5.41) is 0.0500. The van der Waals surface area contributed by atoms with Crippen molar-refractivity contribution in [1.29, 1.82) is 0 Å². The lowest BCUT2D eigenvalue weighted by Gasteiger charge is -2.21. The van der Waals surface area contributed by atoms with Crippen molar-refractivity contribution in [3.8, 4) is 0 Å². The molecule has 0 saturated heterocycles.